The first-order valence-corrected chi connectivity index (χ1v) is 8.95. The molecule has 2 N–H and O–H groups in total. The van der Waals surface area contributed by atoms with E-state index in [4.69, 9.17) is 0 Å². The van der Waals surface area contributed by atoms with Gasteiger partial charge in [0.1, 0.15) is 0 Å². The second-order valence-electron chi connectivity index (χ2n) is 6.84. The van der Waals surface area contributed by atoms with Crippen LogP contribution in [0, 0.1) is 12.8 Å². The summed E-state index contributed by atoms with van der Waals surface area (Å²) in [5.74, 6) is 0.189. The third-order valence-electron chi connectivity index (χ3n) is 4.88. The molecule has 4 nitrogen and oxygen atoms in total. The van der Waals surface area contributed by atoms with Gasteiger partial charge in [0.25, 0.3) is 0 Å². The van der Waals surface area contributed by atoms with Gasteiger partial charge in [-0.15, -0.1) is 0 Å². The number of aryl methyl sites for hydroxylation is 1. The van der Waals surface area contributed by atoms with Crippen molar-refractivity contribution in [1.82, 2.24) is 10.2 Å². The molecule has 0 aliphatic carbocycles. The minimum absolute atomic E-state index is 0.0624. The van der Waals surface area contributed by atoms with Crippen LogP contribution in [0.3, 0.4) is 0 Å². The van der Waals surface area contributed by atoms with Crippen molar-refractivity contribution in [2.24, 2.45) is 5.92 Å². The van der Waals surface area contributed by atoms with Crippen LogP contribution in [-0.4, -0.2) is 35.7 Å². The number of urea groups is 1. The summed E-state index contributed by atoms with van der Waals surface area (Å²) in [4.78, 5) is 14.6. The second kappa shape index (κ2) is 8.17. The fourth-order valence-corrected chi connectivity index (χ4v) is 3.38. The van der Waals surface area contributed by atoms with Crippen LogP contribution in [0.15, 0.2) is 54.6 Å². The van der Waals surface area contributed by atoms with Gasteiger partial charge in [0, 0.05) is 19.7 Å². The van der Waals surface area contributed by atoms with Gasteiger partial charge in [0.15, 0.2) is 0 Å². The summed E-state index contributed by atoms with van der Waals surface area (Å²) in [6.07, 6.45) is 1.93. The molecule has 2 aromatic carbocycles. The van der Waals surface area contributed by atoms with Crippen molar-refractivity contribution in [3.05, 3.63) is 71.3 Å². The molecule has 2 amide bonds. The Morgan fingerprint density at radius 2 is 1.84 bits per heavy atom. The molecule has 1 fully saturated rings. The van der Waals surface area contributed by atoms with Crippen LogP contribution in [0.5, 0.6) is 0 Å². The highest BCUT2D eigenvalue weighted by molar-refractivity contribution is 5.75. The van der Waals surface area contributed by atoms with Crippen molar-refractivity contribution in [1.29, 1.82) is 0 Å². The largest absolute Gasteiger partial charge is 0.396 e. The highest BCUT2D eigenvalue weighted by Crippen LogP contribution is 2.24. The number of piperidine rings is 1. The number of benzene rings is 2. The fraction of sp³-hybridized carbons (Fsp3) is 0.381. The van der Waals surface area contributed by atoms with Crippen LogP contribution >= 0.6 is 0 Å². The van der Waals surface area contributed by atoms with E-state index in [-0.39, 0.29) is 24.6 Å². The van der Waals surface area contributed by atoms with E-state index in [0.29, 0.717) is 6.54 Å². The predicted molar refractivity (Wildman–Crippen MR) is 99.4 cm³/mol. The highest BCUT2D eigenvalue weighted by atomic mass is 16.3. The average Bonchev–Trinajstić information content (AvgIpc) is 2.67. The van der Waals surface area contributed by atoms with E-state index in [2.05, 4.69) is 36.5 Å². The maximum absolute atomic E-state index is 12.8. The van der Waals surface area contributed by atoms with Crippen molar-refractivity contribution in [3.8, 4) is 0 Å². The van der Waals surface area contributed by atoms with E-state index in [1.54, 1.807) is 0 Å². The van der Waals surface area contributed by atoms with E-state index >= 15 is 0 Å². The fourth-order valence-electron chi connectivity index (χ4n) is 3.38. The number of hydrogen-bond donors (Lipinski definition) is 2. The topological polar surface area (TPSA) is 52.6 Å². The summed E-state index contributed by atoms with van der Waals surface area (Å²) in [6.45, 7) is 3.57. The lowest BCUT2D eigenvalue weighted by Crippen LogP contribution is -2.47. The summed E-state index contributed by atoms with van der Waals surface area (Å²) < 4.78 is 0. The molecule has 0 bridgehead atoms. The Balaban J connectivity index is 1.80. The molecule has 0 spiro atoms. The molecule has 0 saturated carbocycles. The van der Waals surface area contributed by atoms with Crippen molar-refractivity contribution >= 4 is 6.03 Å². The molecule has 0 radical (unpaired) electrons. The molecule has 1 heterocycles. The Hall–Kier alpha value is -2.33. The molecule has 1 aliphatic heterocycles. The minimum Gasteiger partial charge on any atom is -0.396 e. The lowest BCUT2D eigenvalue weighted by molar-refractivity contribution is 0.128. The van der Waals surface area contributed by atoms with Crippen LogP contribution in [0.25, 0.3) is 0 Å². The zero-order valence-electron chi connectivity index (χ0n) is 14.7. The van der Waals surface area contributed by atoms with Gasteiger partial charge >= 0.3 is 6.03 Å². The lowest BCUT2D eigenvalue weighted by Gasteiger charge is -2.33. The van der Waals surface area contributed by atoms with E-state index in [1.807, 2.05) is 35.2 Å². The van der Waals surface area contributed by atoms with Crippen LogP contribution in [0.2, 0.25) is 0 Å². The molecule has 2 atom stereocenters. The van der Waals surface area contributed by atoms with Gasteiger partial charge in [-0.05, 0) is 36.8 Å². The smallest absolute Gasteiger partial charge is 0.318 e. The van der Waals surface area contributed by atoms with Crippen molar-refractivity contribution in [3.63, 3.8) is 0 Å². The van der Waals surface area contributed by atoms with Crippen molar-refractivity contribution in [2.75, 3.05) is 19.7 Å². The summed E-state index contributed by atoms with van der Waals surface area (Å²) in [5.41, 5.74) is 3.33. The zero-order chi connectivity index (χ0) is 17.6. The highest BCUT2D eigenvalue weighted by Gasteiger charge is 2.25. The first kappa shape index (κ1) is 17.5. The van der Waals surface area contributed by atoms with Gasteiger partial charge in [-0.25, -0.2) is 4.79 Å². The van der Waals surface area contributed by atoms with Gasteiger partial charge in [-0.3, -0.25) is 0 Å². The normalized spacial score (nSPS) is 18.6. The molecule has 25 heavy (non-hydrogen) atoms. The molecular formula is C21H26N2O2. The van der Waals surface area contributed by atoms with E-state index < -0.39 is 0 Å². The Kier molecular flexibility index (Phi) is 5.71. The average molecular weight is 338 g/mol. The number of rotatable bonds is 4. The first-order valence-electron chi connectivity index (χ1n) is 8.95. The molecule has 0 aromatic heterocycles. The standard InChI is InChI=1S/C21H26N2O2/c1-16-9-11-19(12-10-16)20(18-7-3-2-4-8-18)22-21(25)23-13-5-6-17(14-23)15-24/h2-4,7-12,17,20,24H,5-6,13-15H2,1H3,(H,22,25). The number of hydrogen-bond acceptors (Lipinski definition) is 2. The molecule has 4 heteroatoms. The van der Waals surface area contributed by atoms with Crippen molar-refractivity contribution < 1.29 is 9.90 Å². The van der Waals surface area contributed by atoms with Gasteiger partial charge in [0.2, 0.25) is 0 Å². The number of aliphatic hydroxyl groups is 1. The summed E-state index contributed by atoms with van der Waals surface area (Å²) >= 11 is 0. The third kappa shape index (κ3) is 4.40. The van der Waals surface area contributed by atoms with Gasteiger partial charge in [-0.1, -0.05) is 60.2 Å². The quantitative estimate of drug-likeness (QED) is 0.896. The summed E-state index contributed by atoms with van der Waals surface area (Å²) in [6, 6.07) is 18.1. The number of carbonyl (C=O) groups is 1. The maximum Gasteiger partial charge on any atom is 0.318 e. The maximum atomic E-state index is 12.8. The third-order valence-corrected chi connectivity index (χ3v) is 4.88. The minimum atomic E-state index is -0.177. The number of carbonyl (C=O) groups excluding carboxylic acids is 1. The SMILES string of the molecule is Cc1ccc(C(NC(=O)N2CCCC(CO)C2)c2ccccc2)cc1. The number of amides is 2. The Labute approximate surface area is 149 Å². The van der Waals surface area contributed by atoms with Gasteiger partial charge < -0.3 is 15.3 Å². The first-order chi connectivity index (χ1) is 12.2. The summed E-state index contributed by atoms with van der Waals surface area (Å²) in [7, 11) is 0. The van der Waals surface area contributed by atoms with Crippen LogP contribution in [0.1, 0.15) is 35.6 Å². The Morgan fingerprint density at radius 3 is 2.52 bits per heavy atom. The number of likely N-dealkylation sites (tertiary alicyclic amines) is 1. The lowest BCUT2D eigenvalue weighted by atomic mass is 9.97. The van der Waals surface area contributed by atoms with Crippen LogP contribution in [-0.2, 0) is 0 Å². The molecule has 1 saturated heterocycles. The Bertz CT molecular complexity index is 685. The van der Waals surface area contributed by atoms with Gasteiger partial charge in [0.05, 0.1) is 6.04 Å². The number of nitrogens with zero attached hydrogens (tertiary/aromatic N) is 1. The van der Waals surface area contributed by atoms with Crippen LogP contribution < -0.4 is 5.32 Å². The monoisotopic (exact) mass is 338 g/mol. The molecule has 132 valence electrons. The van der Waals surface area contributed by atoms with Crippen LogP contribution in [0.4, 0.5) is 4.79 Å². The Morgan fingerprint density at radius 1 is 1.16 bits per heavy atom. The molecule has 2 unspecified atom stereocenters. The molecular weight excluding hydrogens is 312 g/mol. The number of nitrogens with one attached hydrogen (secondary N) is 1. The molecule has 3 rings (SSSR count). The summed E-state index contributed by atoms with van der Waals surface area (Å²) in [5, 5.41) is 12.6. The van der Waals surface area contributed by atoms with Crippen molar-refractivity contribution in [2.45, 2.75) is 25.8 Å². The number of aliphatic hydroxyl groups excluding tert-OH is 1. The second-order valence-corrected chi connectivity index (χ2v) is 6.84. The zero-order valence-corrected chi connectivity index (χ0v) is 14.7. The predicted octanol–water partition coefficient (Wildman–Crippen LogP) is 3.50. The van der Waals surface area contributed by atoms with Gasteiger partial charge in [-0.2, -0.15) is 0 Å². The molecule has 1 aliphatic rings. The van der Waals surface area contributed by atoms with E-state index in [1.165, 1.54) is 5.56 Å². The van der Waals surface area contributed by atoms with E-state index in [9.17, 15) is 9.90 Å². The van der Waals surface area contributed by atoms with E-state index in [0.717, 1.165) is 30.5 Å². The molecule has 2 aromatic rings.